The molecule has 1 aromatic carbocycles. The van der Waals surface area contributed by atoms with Crippen LogP contribution in [-0.2, 0) is 14.3 Å². The van der Waals surface area contributed by atoms with E-state index in [0.717, 1.165) is 12.1 Å². The Hall–Kier alpha value is -2.13. The zero-order chi connectivity index (χ0) is 19.1. The first-order valence-electron chi connectivity index (χ1n) is 8.44. The number of morpholine rings is 1. The SMILES string of the molecule is CCCN(CC(=O)Nc1ccc(F)c(F)c1F)C(=O)CC1COCCN1. The van der Waals surface area contributed by atoms with E-state index in [4.69, 9.17) is 4.74 Å². The fourth-order valence-corrected chi connectivity index (χ4v) is 2.64. The highest BCUT2D eigenvalue weighted by Crippen LogP contribution is 2.19. The van der Waals surface area contributed by atoms with Crippen molar-refractivity contribution in [3.05, 3.63) is 29.6 Å². The minimum absolute atomic E-state index is 0.123. The van der Waals surface area contributed by atoms with Crippen molar-refractivity contribution in [1.29, 1.82) is 0 Å². The molecule has 26 heavy (non-hydrogen) atoms. The molecule has 6 nitrogen and oxygen atoms in total. The van der Waals surface area contributed by atoms with Crippen molar-refractivity contribution in [2.45, 2.75) is 25.8 Å². The lowest BCUT2D eigenvalue weighted by Crippen LogP contribution is -2.46. The van der Waals surface area contributed by atoms with E-state index < -0.39 is 29.0 Å². The third-order valence-corrected chi connectivity index (χ3v) is 3.91. The Morgan fingerprint density at radius 2 is 2.08 bits per heavy atom. The Kier molecular flexibility index (Phi) is 7.40. The van der Waals surface area contributed by atoms with Crippen molar-refractivity contribution in [3.8, 4) is 0 Å². The van der Waals surface area contributed by atoms with Gasteiger partial charge in [-0.05, 0) is 18.6 Å². The van der Waals surface area contributed by atoms with E-state index in [2.05, 4.69) is 10.6 Å². The molecule has 1 unspecified atom stereocenters. The zero-order valence-electron chi connectivity index (χ0n) is 14.5. The van der Waals surface area contributed by atoms with Gasteiger partial charge in [0.15, 0.2) is 17.5 Å². The molecule has 0 radical (unpaired) electrons. The summed E-state index contributed by atoms with van der Waals surface area (Å²) in [5.41, 5.74) is -0.472. The second kappa shape index (κ2) is 9.54. The van der Waals surface area contributed by atoms with Crippen LogP contribution in [0.5, 0.6) is 0 Å². The second-order valence-electron chi connectivity index (χ2n) is 6.02. The minimum Gasteiger partial charge on any atom is -0.378 e. The van der Waals surface area contributed by atoms with E-state index in [-0.39, 0.29) is 24.9 Å². The quantitative estimate of drug-likeness (QED) is 0.714. The number of halogens is 3. The van der Waals surface area contributed by atoms with E-state index in [9.17, 15) is 22.8 Å². The molecule has 2 N–H and O–H groups in total. The van der Waals surface area contributed by atoms with Crippen LogP contribution in [0.15, 0.2) is 12.1 Å². The van der Waals surface area contributed by atoms with Gasteiger partial charge in [-0.1, -0.05) is 6.92 Å². The Bertz CT molecular complexity index is 652. The molecule has 0 saturated carbocycles. The van der Waals surface area contributed by atoms with Crippen molar-refractivity contribution in [2.24, 2.45) is 0 Å². The van der Waals surface area contributed by atoms with Gasteiger partial charge in [-0.3, -0.25) is 9.59 Å². The summed E-state index contributed by atoms with van der Waals surface area (Å²) in [6, 6.07) is 1.53. The molecule has 0 aromatic heterocycles. The first kappa shape index (κ1) is 20.2. The summed E-state index contributed by atoms with van der Waals surface area (Å²) in [6.45, 7) is 3.55. The smallest absolute Gasteiger partial charge is 0.244 e. The molecule has 1 fully saturated rings. The van der Waals surface area contributed by atoms with Crippen LogP contribution in [0.2, 0.25) is 0 Å². The number of carbonyl (C=O) groups excluding carboxylic acids is 2. The normalized spacial score (nSPS) is 17.0. The van der Waals surface area contributed by atoms with Crippen molar-refractivity contribution in [1.82, 2.24) is 10.2 Å². The fourth-order valence-electron chi connectivity index (χ4n) is 2.64. The predicted molar refractivity (Wildman–Crippen MR) is 89.0 cm³/mol. The van der Waals surface area contributed by atoms with E-state index in [1.807, 2.05) is 6.92 Å². The Morgan fingerprint density at radius 1 is 1.31 bits per heavy atom. The average Bonchev–Trinajstić information content (AvgIpc) is 2.62. The van der Waals surface area contributed by atoms with Crippen LogP contribution in [0, 0.1) is 17.5 Å². The predicted octanol–water partition coefficient (Wildman–Crippen LogP) is 1.66. The third kappa shape index (κ3) is 5.43. The highest BCUT2D eigenvalue weighted by molar-refractivity contribution is 5.94. The minimum atomic E-state index is -1.66. The standard InChI is InChI=1S/C17H22F3N3O3/c1-2-6-23(15(25)8-11-10-26-7-5-21-11)9-14(24)22-13-4-3-12(18)16(19)17(13)20/h3-4,11,21H,2,5-10H2,1H3,(H,22,24). The molecule has 144 valence electrons. The first-order chi connectivity index (χ1) is 12.4. The van der Waals surface area contributed by atoms with E-state index in [1.54, 1.807) is 0 Å². The fraction of sp³-hybridized carbons (Fsp3) is 0.529. The number of carbonyl (C=O) groups is 2. The molecule has 9 heteroatoms. The summed E-state index contributed by atoms with van der Waals surface area (Å²) in [6.07, 6.45) is 0.806. The molecule has 1 aliphatic heterocycles. The Labute approximate surface area is 149 Å². The summed E-state index contributed by atoms with van der Waals surface area (Å²) < 4.78 is 45.1. The summed E-state index contributed by atoms with van der Waals surface area (Å²) in [5, 5.41) is 5.33. The molecule has 1 atom stereocenters. The Morgan fingerprint density at radius 3 is 2.73 bits per heavy atom. The molecule has 1 aromatic rings. The molecule has 0 bridgehead atoms. The van der Waals surface area contributed by atoms with Gasteiger partial charge in [0.1, 0.15) is 0 Å². The maximum absolute atomic E-state index is 13.6. The summed E-state index contributed by atoms with van der Waals surface area (Å²) in [5.74, 6) is -5.41. The molecule has 0 spiro atoms. The number of hydrogen-bond acceptors (Lipinski definition) is 4. The number of nitrogens with one attached hydrogen (secondary N) is 2. The van der Waals surface area contributed by atoms with Crippen LogP contribution in [0.1, 0.15) is 19.8 Å². The second-order valence-corrected chi connectivity index (χ2v) is 6.02. The largest absolute Gasteiger partial charge is 0.378 e. The van der Waals surface area contributed by atoms with Crippen LogP contribution in [0.3, 0.4) is 0 Å². The van der Waals surface area contributed by atoms with E-state index >= 15 is 0 Å². The highest BCUT2D eigenvalue weighted by atomic mass is 19.2. The maximum atomic E-state index is 13.6. The van der Waals surface area contributed by atoms with Gasteiger partial charge in [0.2, 0.25) is 11.8 Å². The lowest BCUT2D eigenvalue weighted by atomic mass is 10.1. The molecule has 1 saturated heterocycles. The molecule has 2 amide bonds. The number of anilines is 1. The molecular formula is C17H22F3N3O3. The van der Waals surface area contributed by atoms with Gasteiger partial charge in [-0.15, -0.1) is 0 Å². The number of rotatable bonds is 7. The average molecular weight is 373 g/mol. The van der Waals surface area contributed by atoms with Gasteiger partial charge < -0.3 is 20.3 Å². The van der Waals surface area contributed by atoms with Crippen molar-refractivity contribution in [2.75, 3.05) is 38.2 Å². The van der Waals surface area contributed by atoms with Gasteiger partial charge in [-0.2, -0.15) is 0 Å². The van der Waals surface area contributed by atoms with Gasteiger partial charge in [0, 0.05) is 25.6 Å². The monoisotopic (exact) mass is 373 g/mol. The van der Waals surface area contributed by atoms with E-state index in [0.29, 0.717) is 32.7 Å². The topological polar surface area (TPSA) is 70.7 Å². The molecular weight excluding hydrogens is 351 g/mol. The zero-order valence-corrected chi connectivity index (χ0v) is 14.5. The number of benzene rings is 1. The number of ether oxygens (including phenoxy) is 1. The number of nitrogens with zero attached hydrogens (tertiary/aromatic N) is 1. The van der Waals surface area contributed by atoms with Gasteiger partial charge in [0.25, 0.3) is 0 Å². The van der Waals surface area contributed by atoms with Gasteiger partial charge in [-0.25, -0.2) is 13.2 Å². The van der Waals surface area contributed by atoms with Gasteiger partial charge >= 0.3 is 0 Å². The van der Waals surface area contributed by atoms with Crippen molar-refractivity contribution in [3.63, 3.8) is 0 Å². The Balaban J connectivity index is 1.96. The van der Waals surface area contributed by atoms with E-state index in [1.165, 1.54) is 4.90 Å². The molecule has 1 aliphatic rings. The lowest BCUT2D eigenvalue weighted by Gasteiger charge is -2.27. The molecule has 2 rings (SSSR count). The third-order valence-electron chi connectivity index (χ3n) is 3.91. The van der Waals surface area contributed by atoms with Crippen LogP contribution < -0.4 is 10.6 Å². The summed E-state index contributed by atoms with van der Waals surface area (Å²) in [7, 11) is 0. The van der Waals surface area contributed by atoms with Gasteiger partial charge in [0.05, 0.1) is 25.4 Å². The van der Waals surface area contributed by atoms with Crippen molar-refractivity contribution < 1.29 is 27.5 Å². The number of amides is 2. The summed E-state index contributed by atoms with van der Waals surface area (Å²) in [4.78, 5) is 25.9. The van der Waals surface area contributed by atoms with Crippen LogP contribution in [0.4, 0.5) is 18.9 Å². The lowest BCUT2D eigenvalue weighted by molar-refractivity contribution is -0.135. The van der Waals surface area contributed by atoms with Crippen LogP contribution in [-0.4, -0.2) is 55.6 Å². The van der Waals surface area contributed by atoms with Crippen LogP contribution in [0.25, 0.3) is 0 Å². The highest BCUT2D eigenvalue weighted by Gasteiger charge is 2.23. The van der Waals surface area contributed by atoms with Crippen molar-refractivity contribution >= 4 is 17.5 Å². The summed E-state index contributed by atoms with van der Waals surface area (Å²) >= 11 is 0. The van der Waals surface area contributed by atoms with Crippen LogP contribution >= 0.6 is 0 Å². The maximum Gasteiger partial charge on any atom is 0.244 e. The first-order valence-corrected chi connectivity index (χ1v) is 8.44. The number of hydrogen-bond donors (Lipinski definition) is 2. The molecule has 1 heterocycles. The molecule has 0 aliphatic carbocycles.